The van der Waals surface area contributed by atoms with E-state index in [1.165, 1.54) is 0 Å². The summed E-state index contributed by atoms with van der Waals surface area (Å²) in [6.07, 6.45) is 1.41. The zero-order valence-corrected chi connectivity index (χ0v) is 9.39. The molecule has 1 aliphatic carbocycles. The molecule has 3 nitrogen and oxygen atoms in total. The van der Waals surface area contributed by atoms with E-state index in [9.17, 15) is 22.7 Å². The number of aliphatic hydroxyl groups excluding tert-OH is 1. The minimum atomic E-state index is -1.68. The van der Waals surface area contributed by atoms with Crippen molar-refractivity contribution in [3.8, 4) is 0 Å². The number of aliphatic hydroxyl groups is 1. The Hall–Kier alpha value is -1.37. The Morgan fingerprint density at radius 2 is 1.72 bits per heavy atom. The molecule has 1 fully saturated rings. The number of anilines is 1. The van der Waals surface area contributed by atoms with Gasteiger partial charge in [0.25, 0.3) is 11.9 Å². The standard InChI is InChI=1S/C11H12F4N2O/c12-7-9(8(13)11(15)17-10(7)14)16-4-5-1-2-6(18)3-5/h5-6,18H,1-4H2,(H,16,17). The van der Waals surface area contributed by atoms with Crippen molar-refractivity contribution in [3.63, 3.8) is 0 Å². The molecule has 2 unspecified atom stereocenters. The van der Waals surface area contributed by atoms with Gasteiger partial charge in [-0.15, -0.1) is 0 Å². The van der Waals surface area contributed by atoms with Crippen LogP contribution in [0.25, 0.3) is 0 Å². The summed E-state index contributed by atoms with van der Waals surface area (Å²) >= 11 is 0. The summed E-state index contributed by atoms with van der Waals surface area (Å²) in [5.74, 6) is -6.40. The van der Waals surface area contributed by atoms with E-state index >= 15 is 0 Å². The van der Waals surface area contributed by atoms with Gasteiger partial charge in [0.05, 0.1) is 6.10 Å². The van der Waals surface area contributed by atoms with E-state index in [-0.39, 0.29) is 12.5 Å². The summed E-state index contributed by atoms with van der Waals surface area (Å²) in [4.78, 5) is 2.46. The average Bonchev–Trinajstić information content (AvgIpc) is 2.73. The monoisotopic (exact) mass is 264 g/mol. The Kier molecular flexibility index (Phi) is 3.70. The smallest absolute Gasteiger partial charge is 0.253 e. The lowest BCUT2D eigenvalue weighted by molar-refractivity contribution is 0.178. The van der Waals surface area contributed by atoms with Crippen molar-refractivity contribution in [1.82, 2.24) is 4.98 Å². The van der Waals surface area contributed by atoms with Crippen molar-refractivity contribution in [2.45, 2.75) is 25.4 Å². The number of aromatic nitrogens is 1. The van der Waals surface area contributed by atoms with Gasteiger partial charge in [0.1, 0.15) is 5.69 Å². The molecule has 2 rings (SSSR count). The van der Waals surface area contributed by atoms with Gasteiger partial charge in [-0.1, -0.05) is 0 Å². The first-order valence-electron chi connectivity index (χ1n) is 5.61. The molecule has 0 aromatic carbocycles. The van der Waals surface area contributed by atoms with E-state index in [1.807, 2.05) is 0 Å². The minimum absolute atomic E-state index is 0.0260. The van der Waals surface area contributed by atoms with Crippen LogP contribution >= 0.6 is 0 Å². The van der Waals surface area contributed by atoms with E-state index in [0.717, 1.165) is 0 Å². The normalized spacial score (nSPS) is 23.4. The zero-order chi connectivity index (χ0) is 13.3. The molecule has 100 valence electrons. The van der Waals surface area contributed by atoms with Crippen molar-refractivity contribution in [2.75, 3.05) is 11.9 Å². The second kappa shape index (κ2) is 5.09. The Labute approximate surface area is 101 Å². The lowest BCUT2D eigenvalue weighted by Gasteiger charge is -2.13. The maximum atomic E-state index is 13.2. The van der Waals surface area contributed by atoms with Crippen molar-refractivity contribution in [3.05, 3.63) is 23.5 Å². The van der Waals surface area contributed by atoms with Gasteiger partial charge in [-0.05, 0) is 25.2 Å². The Morgan fingerprint density at radius 3 is 2.22 bits per heavy atom. The van der Waals surface area contributed by atoms with Crippen LogP contribution in [0.5, 0.6) is 0 Å². The summed E-state index contributed by atoms with van der Waals surface area (Å²) in [6.45, 7) is 0.147. The number of hydrogen-bond acceptors (Lipinski definition) is 3. The van der Waals surface area contributed by atoms with Gasteiger partial charge in [-0.3, -0.25) is 0 Å². The van der Waals surface area contributed by atoms with Crippen LogP contribution in [0.3, 0.4) is 0 Å². The first-order chi connectivity index (χ1) is 8.49. The quantitative estimate of drug-likeness (QED) is 0.650. The van der Waals surface area contributed by atoms with E-state index < -0.39 is 35.3 Å². The zero-order valence-electron chi connectivity index (χ0n) is 9.39. The summed E-state index contributed by atoms with van der Waals surface area (Å²) in [5.41, 5.74) is -0.846. The van der Waals surface area contributed by atoms with E-state index in [2.05, 4.69) is 10.3 Å². The van der Waals surface area contributed by atoms with E-state index in [0.29, 0.717) is 19.3 Å². The summed E-state index contributed by atoms with van der Waals surface area (Å²) in [5, 5.41) is 11.6. The number of pyridine rings is 1. The molecular formula is C11H12F4N2O. The molecule has 2 N–H and O–H groups in total. The topological polar surface area (TPSA) is 45.1 Å². The number of nitrogens with one attached hydrogen (secondary N) is 1. The number of nitrogens with zero attached hydrogens (tertiary/aromatic N) is 1. The van der Waals surface area contributed by atoms with Crippen molar-refractivity contribution in [2.24, 2.45) is 5.92 Å². The van der Waals surface area contributed by atoms with Crippen molar-refractivity contribution in [1.29, 1.82) is 0 Å². The molecule has 0 spiro atoms. The molecule has 18 heavy (non-hydrogen) atoms. The average molecular weight is 264 g/mol. The minimum Gasteiger partial charge on any atom is -0.393 e. The second-order valence-electron chi connectivity index (χ2n) is 4.41. The molecule has 0 radical (unpaired) electrons. The lowest BCUT2D eigenvalue weighted by Crippen LogP contribution is -2.16. The van der Waals surface area contributed by atoms with E-state index in [1.54, 1.807) is 0 Å². The van der Waals surface area contributed by atoms with Crippen LogP contribution < -0.4 is 5.32 Å². The molecule has 1 saturated carbocycles. The van der Waals surface area contributed by atoms with Crippen LogP contribution in [-0.4, -0.2) is 22.7 Å². The Balaban J connectivity index is 2.09. The first-order valence-corrected chi connectivity index (χ1v) is 5.61. The molecule has 1 heterocycles. The summed E-state index contributed by atoms with van der Waals surface area (Å²) < 4.78 is 52.1. The molecule has 1 aromatic heterocycles. The van der Waals surface area contributed by atoms with Crippen LogP contribution in [-0.2, 0) is 0 Å². The van der Waals surface area contributed by atoms with Gasteiger partial charge in [-0.25, -0.2) is 0 Å². The highest BCUT2D eigenvalue weighted by Gasteiger charge is 2.25. The SMILES string of the molecule is OC1CCC(CNc2c(F)c(F)nc(F)c2F)C1. The predicted molar refractivity (Wildman–Crippen MR) is 55.9 cm³/mol. The fourth-order valence-electron chi connectivity index (χ4n) is 2.12. The van der Waals surface area contributed by atoms with E-state index in [4.69, 9.17) is 0 Å². The van der Waals surface area contributed by atoms with Crippen LogP contribution in [0, 0.1) is 29.4 Å². The highest BCUT2D eigenvalue weighted by molar-refractivity contribution is 5.45. The molecule has 0 saturated heterocycles. The van der Waals surface area contributed by atoms with Crippen molar-refractivity contribution >= 4 is 5.69 Å². The molecule has 2 atom stereocenters. The third-order valence-electron chi connectivity index (χ3n) is 3.08. The summed E-state index contributed by atoms with van der Waals surface area (Å²) in [6, 6.07) is 0. The number of halogens is 4. The van der Waals surface area contributed by atoms with Crippen LogP contribution in [0.1, 0.15) is 19.3 Å². The van der Waals surface area contributed by atoms with Gasteiger partial charge in [0.15, 0.2) is 0 Å². The fraction of sp³-hybridized carbons (Fsp3) is 0.545. The first kappa shape index (κ1) is 13.1. The van der Waals surface area contributed by atoms with Gasteiger partial charge < -0.3 is 10.4 Å². The second-order valence-corrected chi connectivity index (χ2v) is 4.41. The molecule has 1 aromatic rings. The largest absolute Gasteiger partial charge is 0.393 e. The lowest BCUT2D eigenvalue weighted by atomic mass is 10.1. The third-order valence-corrected chi connectivity index (χ3v) is 3.08. The molecule has 0 bridgehead atoms. The highest BCUT2D eigenvalue weighted by Crippen LogP contribution is 2.27. The number of rotatable bonds is 3. The van der Waals surface area contributed by atoms with Gasteiger partial charge in [0, 0.05) is 6.54 Å². The maximum Gasteiger partial charge on any atom is 0.253 e. The van der Waals surface area contributed by atoms with Crippen LogP contribution in [0.4, 0.5) is 23.2 Å². The molecular weight excluding hydrogens is 252 g/mol. The highest BCUT2D eigenvalue weighted by atomic mass is 19.2. The Morgan fingerprint density at radius 1 is 1.11 bits per heavy atom. The molecule has 0 aliphatic heterocycles. The molecule has 1 aliphatic rings. The van der Waals surface area contributed by atoms with Gasteiger partial charge >= 0.3 is 0 Å². The Bertz CT molecular complexity index is 429. The number of hydrogen-bond donors (Lipinski definition) is 2. The van der Waals surface area contributed by atoms with Gasteiger partial charge in [0.2, 0.25) is 11.6 Å². The summed E-state index contributed by atoms with van der Waals surface area (Å²) in [7, 11) is 0. The predicted octanol–water partition coefficient (Wildman–Crippen LogP) is 2.21. The molecule has 0 amide bonds. The van der Waals surface area contributed by atoms with Crippen LogP contribution in [0.15, 0.2) is 0 Å². The van der Waals surface area contributed by atoms with Gasteiger partial charge in [-0.2, -0.15) is 22.5 Å². The fourth-order valence-corrected chi connectivity index (χ4v) is 2.12. The third kappa shape index (κ3) is 2.55. The maximum absolute atomic E-state index is 13.2. The van der Waals surface area contributed by atoms with Crippen molar-refractivity contribution < 1.29 is 22.7 Å². The molecule has 7 heteroatoms. The van der Waals surface area contributed by atoms with Crippen LogP contribution in [0.2, 0.25) is 0 Å².